The van der Waals surface area contributed by atoms with E-state index < -0.39 is 0 Å². The third-order valence-corrected chi connectivity index (χ3v) is 6.16. The van der Waals surface area contributed by atoms with Gasteiger partial charge in [-0.05, 0) is 62.3 Å². The van der Waals surface area contributed by atoms with E-state index in [2.05, 4.69) is 43.1 Å². The fourth-order valence-electron chi connectivity index (χ4n) is 4.24. The molecule has 1 aliphatic heterocycles. The van der Waals surface area contributed by atoms with Crippen molar-refractivity contribution in [2.45, 2.75) is 58.9 Å². The van der Waals surface area contributed by atoms with E-state index in [0.29, 0.717) is 6.04 Å². The van der Waals surface area contributed by atoms with Crippen molar-refractivity contribution in [2.24, 2.45) is 5.41 Å². The molecule has 27 heavy (non-hydrogen) atoms. The summed E-state index contributed by atoms with van der Waals surface area (Å²) in [5.41, 5.74) is 5.09. The fourth-order valence-corrected chi connectivity index (χ4v) is 4.24. The van der Waals surface area contributed by atoms with Crippen LogP contribution in [0.4, 0.5) is 5.95 Å². The molecule has 2 aliphatic rings. The Morgan fingerprint density at radius 3 is 2.56 bits per heavy atom. The van der Waals surface area contributed by atoms with E-state index >= 15 is 0 Å². The summed E-state index contributed by atoms with van der Waals surface area (Å²) in [4.78, 5) is 12.1. The van der Waals surface area contributed by atoms with Crippen LogP contribution in [0.1, 0.15) is 49.9 Å². The molecule has 5 heteroatoms. The Bertz CT molecular complexity index is 825. The topological polar surface area (TPSA) is 61.3 Å². The lowest BCUT2D eigenvalue weighted by atomic mass is 9.93. The summed E-state index contributed by atoms with van der Waals surface area (Å²) < 4.78 is 0. The van der Waals surface area contributed by atoms with E-state index in [1.807, 2.05) is 0 Å². The Hall–Kier alpha value is -1.72. The quantitative estimate of drug-likeness (QED) is 0.849. The first-order valence-corrected chi connectivity index (χ1v) is 10.3. The highest BCUT2D eigenvalue weighted by atomic mass is 16.3. The average molecular weight is 369 g/mol. The molecule has 2 N–H and O–H groups in total. The highest BCUT2D eigenvalue weighted by Gasteiger charge is 2.24. The smallest absolute Gasteiger partial charge is 0.226 e. The maximum absolute atomic E-state index is 9.42. The number of fused-ring (bicyclic) bond motifs is 2. The van der Waals surface area contributed by atoms with Crippen molar-refractivity contribution in [2.75, 3.05) is 31.1 Å². The second-order valence-corrected chi connectivity index (χ2v) is 9.07. The molecule has 1 aliphatic carbocycles. The molecule has 2 aromatic rings. The van der Waals surface area contributed by atoms with Crippen LogP contribution < -0.4 is 10.2 Å². The molecule has 0 spiro atoms. The van der Waals surface area contributed by atoms with Gasteiger partial charge in [-0.15, -0.1) is 0 Å². The first-order chi connectivity index (χ1) is 12.9. The van der Waals surface area contributed by atoms with Crippen LogP contribution in [0.3, 0.4) is 0 Å². The number of aromatic nitrogens is 2. The van der Waals surface area contributed by atoms with Crippen LogP contribution in [-0.2, 0) is 12.8 Å². The standard InChI is InChI=1S/C22H32N4O/c1-15-19-11-16-5-4-6-17(16)12-20(19)25-21(24-15)26-9-7-18(8-10-26)23-13-22(2,3)14-27/h11-12,18,23,27H,4-10,13-14H2,1-3H3. The van der Waals surface area contributed by atoms with Gasteiger partial charge in [0.1, 0.15) is 0 Å². The van der Waals surface area contributed by atoms with Gasteiger partial charge in [-0.1, -0.05) is 13.8 Å². The summed E-state index contributed by atoms with van der Waals surface area (Å²) in [6.07, 6.45) is 5.82. The Kier molecular flexibility index (Phi) is 5.08. The molecule has 146 valence electrons. The van der Waals surface area contributed by atoms with Gasteiger partial charge >= 0.3 is 0 Å². The molecule has 5 nitrogen and oxygen atoms in total. The van der Waals surface area contributed by atoms with E-state index in [1.165, 1.54) is 35.8 Å². The number of anilines is 1. The molecule has 1 fully saturated rings. The number of aryl methyl sites for hydroxylation is 3. The minimum Gasteiger partial charge on any atom is -0.396 e. The van der Waals surface area contributed by atoms with Gasteiger partial charge in [0.2, 0.25) is 5.95 Å². The molecule has 4 rings (SSSR count). The average Bonchev–Trinajstić information content (AvgIpc) is 3.13. The van der Waals surface area contributed by atoms with Crippen molar-refractivity contribution >= 4 is 16.9 Å². The van der Waals surface area contributed by atoms with Crippen molar-refractivity contribution in [3.63, 3.8) is 0 Å². The third-order valence-electron chi connectivity index (χ3n) is 6.16. The summed E-state index contributed by atoms with van der Waals surface area (Å²) in [6.45, 7) is 9.33. The Morgan fingerprint density at radius 1 is 1.15 bits per heavy atom. The normalized spacial score (nSPS) is 18.3. The minimum atomic E-state index is -0.0596. The highest BCUT2D eigenvalue weighted by molar-refractivity contribution is 5.84. The van der Waals surface area contributed by atoms with Crippen LogP contribution in [0.5, 0.6) is 0 Å². The molecule has 1 saturated heterocycles. The largest absolute Gasteiger partial charge is 0.396 e. The third kappa shape index (κ3) is 3.94. The van der Waals surface area contributed by atoms with E-state index in [9.17, 15) is 5.11 Å². The lowest BCUT2D eigenvalue weighted by Crippen LogP contribution is -2.46. The SMILES string of the molecule is Cc1nc(N2CCC(NCC(C)(C)CO)CC2)nc2cc3c(cc12)CCC3. The van der Waals surface area contributed by atoms with E-state index in [0.717, 1.165) is 49.6 Å². The van der Waals surface area contributed by atoms with Crippen molar-refractivity contribution in [3.05, 3.63) is 29.0 Å². The van der Waals surface area contributed by atoms with E-state index in [1.54, 1.807) is 0 Å². The Morgan fingerprint density at radius 2 is 1.85 bits per heavy atom. The van der Waals surface area contributed by atoms with Crippen LogP contribution in [0.25, 0.3) is 10.9 Å². The zero-order valence-electron chi connectivity index (χ0n) is 16.9. The Labute approximate surface area is 162 Å². The van der Waals surface area contributed by atoms with Gasteiger partial charge in [0.25, 0.3) is 0 Å². The van der Waals surface area contributed by atoms with Crippen molar-refractivity contribution in [1.29, 1.82) is 0 Å². The number of hydrogen-bond donors (Lipinski definition) is 2. The molecule has 0 unspecified atom stereocenters. The maximum atomic E-state index is 9.42. The predicted molar refractivity (Wildman–Crippen MR) is 110 cm³/mol. The lowest BCUT2D eigenvalue weighted by molar-refractivity contribution is 0.151. The van der Waals surface area contributed by atoms with Crippen molar-refractivity contribution < 1.29 is 5.11 Å². The van der Waals surface area contributed by atoms with E-state index in [-0.39, 0.29) is 12.0 Å². The van der Waals surface area contributed by atoms with E-state index in [4.69, 9.17) is 9.97 Å². The highest BCUT2D eigenvalue weighted by Crippen LogP contribution is 2.29. The second kappa shape index (κ2) is 7.36. The zero-order valence-corrected chi connectivity index (χ0v) is 16.9. The molecule has 0 radical (unpaired) electrons. The van der Waals surface area contributed by atoms with Gasteiger partial charge in [-0.25, -0.2) is 9.97 Å². The fraction of sp³-hybridized carbons (Fsp3) is 0.636. The molecular weight excluding hydrogens is 336 g/mol. The van der Waals surface area contributed by atoms with Crippen molar-refractivity contribution in [3.8, 4) is 0 Å². The maximum Gasteiger partial charge on any atom is 0.226 e. The molecule has 0 atom stereocenters. The van der Waals surface area contributed by atoms with Crippen LogP contribution in [-0.4, -0.2) is 47.4 Å². The summed E-state index contributed by atoms with van der Waals surface area (Å²) in [5.74, 6) is 0.882. The van der Waals surface area contributed by atoms with Gasteiger partial charge in [0.05, 0.1) is 11.2 Å². The molecule has 1 aromatic heterocycles. The number of piperidine rings is 1. The lowest BCUT2D eigenvalue weighted by Gasteiger charge is -2.34. The summed E-state index contributed by atoms with van der Waals surface area (Å²) in [5, 5.41) is 14.3. The number of aliphatic hydroxyl groups excluding tert-OH is 1. The number of rotatable bonds is 5. The number of benzene rings is 1. The molecule has 0 bridgehead atoms. The van der Waals surface area contributed by atoms with Gasteiger partial charge in [-0.3, -0.25) is 0 Å². The molecular formula is C22H32N4O. The number of nitrogens with zero attached hydrogens (tertiary/aromatic N) is 3. The van der Waals surface area contributed by atoms with Crippen LogP contribution in [0.2, 0.25) is 0 Å². The van der Waals surface area contributed by atoms with Gasteiger partial charge in [0.15, 0.2) is 0 Å². The molecule has 2 heterocycles. The van der Waals surface area contributed by atoms with Gasteiger partial charge in [-0.2, -0.15) is 0 Å². The zero-order chi connectivity index (χ0) is 19.0. The minimum absolute atomic E-state index is 0.0596. The summed E-state index contributed by atoms with van der Waals surface area (Å²) in [6, 6.07) is 5.12. The van der Waals surface area contributed by atoms with Gasteiger partial charge in [0, 0.05) is 43.1 Å². The Balaban J connectivity index is 1.45. The molecule has 1 aromatic carbocycles. The first-order valence-electron chi connectivity index (χ1n) is 10.3. The van der Waals surface area contributed by atoms with Crippen LogP contribution in [0.15, 0.2) is 12.1 Å². The van der Waals surface area contributed by atoms with Crippen LogP contribution >= 0.6 is 0 Å². The predicted octanol–water partition coefficient (Wildman–Crippen LogP) is 3.00. The monoisotopic (exact) mass is 368 g/mol. The number of nitrogens with one attached hydrogen (secondary N) is 1. The summed E-state index contributed by atoms with van der Waals surface area (Å²) >= 11 is 0. The number of hydrogen-bond acceptors (Lipinski definition) is 5. The molecule has 0 amide bonds. The second-order valence-electron chi connectivity index (χ2n) is 9.07. The van der Waals surface area contributed by atoms with Crippen LogP contribution in [0, 0.1) is 12.3 Å². The number of aliphatic hydroxyl groups is 1. The first kappa shape index (κ1) is 18.6. The van der Waals surface area contributed by atoms with Gasteiger partial charge < -0.3 is 15.3 Å². The summed E-state index contributed by atoms with van der Waals surface area (Å²) in [7, 11) is 0. The van der Waals surface area contributed by atoms with Crippen molar-refractivity contribution in [1.82, 2.24) is 15.3 Å². The molecule has 0 saturated carbocycles.